The summed E-state index contributed by atoms with van der Waals surface area (Å²) in [6, 6.07) is 6.36. The number of rotatable bonds is 4. The predicted molar refractivity (Wildman–Crippen MR) is 110 cm³/mol. The molecular formula is C19H18N6OS2. The van der Waals surface area contributed by atoms with Gasteiger partial charge in [-0.1, -0.05) is 0 Å². The first kappa shape index (κ1) is 17.6. The number of thiazole rings is 1. The summed E-state index contributed by atoms with van der Waals surface area (Å²) in [5.74, 6) is 0. The average Bonchev–Trinajstić information content (AvgIpc) is 3.41. The molecule has 5 rings (SSSR count). The van der Waals surface area contributed by atoms with Crippen LogP contribution in [0, 0.1) is 0 Å². The first-order valence-electron chi connectivity index (χ1n) is 8.98. The molecule has 1 N–H and O–H groups in total. The van der Waals surface area contributed by atoms with Gasteiger partial charge in [0.25, 0.3) is 0 Å². The molecule has 0 radical (unpaired) electrons. The molecule has 4 heterocycles. The summed E-state index contributed by atoms with van der Waals surface area (Å²) in [4.78, 5) is 28.1. The van der Waals surface area contributed by atoms with Crippen molar-refractivity contribution in [1.29, 1.82) is 0 Å². The number of carbonyl (C=O) groups excluding carboxylic acids is 1. The lowest BCUT2D eigenvalue weighted by Crippen LogP contribution is -2.40. The minimum atomic E-state index is -0.0464. The molecule has 28 heavy (non-hydrogen) atoms. The van der Waals surface area contributed by atoms with Crippen LogP contribution in [-0.4, -0.2) is 56.4 Å². The Kier molecular flexibility index (Phi) is 4.71. The van der Waals surface area contributed by atoms with Crippen LogP contribution in [0.5, 0.6) is 0 Å². The van der Waals surface area contributed by atoms with Gasteiger partial charge in [0.05, 0.1) is 34.2 Å². The van der Waals surface area contributed by atoms with Crippen LogP contribution < -0.4 is 5.32 Å². The summed E-state index contributed by atoms with van der Waals surface area (Å²) in [7, 11) is 0. The highest BCUT2D eigenvalue weighted by molar-refractivity contribution is 7.97. The summed E-state index contributed by atoms with van der Waals surface area (Å²) in [5.41, 5.74) is 6.42. The monoisotopic (exact) mass is 410 g/mol. The second-order valence-electron chi connectivity index (χ2n) is 6.79. The van der Waals surface area contributed by atoms with E-state index in [9.17, 15) is 4.79 Å². The Hall–Kier alpha value is -2.49. The number of hydrogen-bond acceptors (Lipinski definition) is 7. The summed E-state index contributed by atoms with van der Waals surface area (Å²) in [5, 5.41) is 2.93. The zero-order valence-corrected chi connectivity index (χ0v) is 16.7. The highest BCUT2D eigenvalue weighted by atomic mass is 32.2. The molecule has 0 bridgehead atoms. The molecule has 2 aliphatic heterocycles. The molecule has 0 spiro atoms. The summed E-state index contributed by atoms with van der Waals surface area (Å²) >= 11 is 3.45. The number of urea groups is 1. The quantitative estimate of drug-likeness (QED) is 0.527. The van der Waals surface area contributed by atoms with E-state index in [1.807, 2.05) is 10.4 Å². The van der Waals surface area contributed by atoms with Crippen LogP contribution in [-0.2, 0) is 6.54 Å². The molecule has 0 atom stereocenters. The maximum atomic E-state index is 12.4. The third-order valence-electron chi connectivity index (χ3n) is 4.86. The van der Waals surface area contributed by atoms with E-state index in [0.717, 1.165) is 24.3 Å². The molecule has 2 amide bonds. The van der Waals surface area contributed by atoms with Crippen molar-refractivity contribution in [3.63, 3.8) is 0 Å². The number of carbonyl (C=O) groups is 1. The molecule has 0 saturated heterocycles. The second-order valence-corrected chi connectivity index (χ2v) is 8.85. The van der Waals surface area contributed by atoms with Crippen molar-refractivity contribution < 1.29 is 4.79 Å². The van der Waals surface area contributed by atoms with Crippen molar-refractivity contribution in [2.45, 2.75) is 11.4 Å². The van der Waals surface area contributed by atoms with Crippen molar-refractivity contribution in [2.75, 3.05) is 26.2 Å². The van der Waals surface area contributed by atoms with Gasteiger partial charge in [0.15, 0.2) is 0 Å². The van der Waals surface area contributed by atoms with Crippen LogP contribution in [0.3, 0.4) is 0 Å². The third-order valence-corrected chi connectivity index (χ3v) is 6.63. The van der Waals surface area contributed by atoms with E-state index >= 15 is 0 Å². The van der Waals surface area contributed by atoms with E-state index in [-0.39, 0.29) is 6.03 Å². The number of nitrogens with one attached hydrogen (secondary N) is 1. The number of hydrogen-bond donors (Lipinski definition) is 1. The minimum Gasteiger partial charge on any atom is -0.332 e. The molecule has 3 aromatic rings. The Balaban J connectivity index is 1.13. The van der Waals surface area contributed by atoms with E-state index < -0.39 is 0 Å². The van der Waals surface area contributed by atoms with Gasteiger partial charge in [-0.25, -0.2) is 14.1 Å². The maximum absolute atomic E-state index is 12.4. The first-order valence-corrected chi connectivity index (χ1v) is 10.6. The number of aromatic nitrogens is 3. The van der Waals surface area contributed by atoms with Crippen LogP contribution >= 0.6 is 23.3 Å². The lowest BCUT2D eigenvalue weighted by atomic mass is 10.2. The summed E-state index contributed by atoms with van der Waals surface area (Å²) in [6.07, 6.45) is 4.92. The zero-order chi connectivity index (χ0) is 18.9. The Morgan fingerprint density at radius 3 is 2.79 bits per heavy atom. The second kappa shape index (κ2) is 7.50. The highest BCUT2D eigenvalue weighted by Gasteiger charge is 2.32. The molecule has 7 nitrogen and oxygen atoms in total. The smallest absolute Gasteiger partial charge is 0.318 e. The molecule has 0 unspecified atom stereocenters. The molecule has 0 aliphatic carbocycles. The Labute approximate surface area is 170 Å². The van der Waals surface area contributed by atoms with E-state index in [1.54, 1.807) is 41.9 Å². The van der Waals surface area contributed by atoms with Crippen LogP contribution in [0.25, 0.3) is 10.2 Å². The van der Waals surface area contributed by atoms with Crippen molar-refractivity contribution in [3.8, 4) is 0 Å². The van der Waals surface area contributed by atoms with Gasteiger partial charge in [-0.05, 0) is 41.3 Å². The van der Waals surface area contributed by atoms with Crippen LogP contribution in [0.15, 0.2) is 58.3 Å². The fourth-order valence-electron chi connectivity index (χ4n) is 3.49. The predicted octanol–water partition coefficient (Wildman–Crippen LogP) is 2.93. The number of fused-ring (bicyclic) bond motifs is 1. The van der Waals surface area contributed by atoms with Crippen LogP contribution in [0.4, 0.5) is 4.79 Å². The van der Waals surface area contributed by atoms with Gasteiger partial charge in [0.2, 0.25) is 0 Å². The lowest BCUT2D eigenvalue weighted by Gasteiger charge is -2.22. The average molecular weight is 411 g/mol. The molecule has 9 heteroatoms. The molecule has 2 aromatic heterocycles. The van der Waals surface area contributed by atoms with Crippen LogP contribution in [0.1, 0.15) is 5.69 Å². The molecule has 2 aliphatic rings. The fraction of sp³-hybridized carbons (Fsp3) is 0.263. The van der Waals surface area contributed by atoms with Crippen molar-refractivity contribution >= 4 is 39.5 Å². The standard InChI is InChI=1S/C19H18N6OS2/c26-19(22-7-15-6-20-3-4-21-15)24-8-13-10-25(11-14(13)9-24)28-16-1-2-17-18(5-16)27-12-23-17/h1-6,12H,7-11H2,(H,22,26). The van der Waals surface area contributed by atoms with E-state index in [1.165, 1.54) is 20.7 Å². The lowest BCUT2D eigenvalue weighted by molar-refractivity contribution is 0.208. The van der Waals surface area contributed by atoms with Gasteiger partial charge in [-0.2, -0.15) is 0 Å². The van der Waals surface area contributed by atoms with Gasteiger partial charge < -0.3 is 10.2 Å². The molecule has 142 valence electrons. The molecule has 0 saturated carbocycles. The largest absolute Gasteiger partial charge is 0.332 e. The highest BCUT2D eigenvalue weighted by Crippen LogP contribution is 2.34. The van der Waals surface area contributed by atoms with Crippen LogP contribution in [0.2, 0.25) is 0 Å². The molecular weight excluding hydrogens is 392 g/mol. The van der Waals surface area contributed by atoms with Crippen molar-refractivity contribution in [1.82, 2.24) is 29.5 Å². The van der Waals surface area contributed by atoms with Gasteiger partial charge in [0.1, 0.15) is 0 Å². The van der Waals surface area contributed by atoms with Gasteiger partial charge >= 0.3 is 6.03 Å². The maximum Gasteiger partial charge on any atom is 0.318 e. The third kappa shape index (κ3) is 3.60. The summed E-state index contributed by atoms with van der Waals surface area (Å²) < 4.78 is 3.58. The van der Waals surface area contributed by atoms with E-state index in [2.05, 4.69) is 42.8 Å². The fourth-order valence-corrected chi connectivity index (χ4v) is 5.32. The number of nitrogens with zero attached hydrogens (tertiary/aromatic N) is 5. The Morgan fingerprint density at radius 2 is 2.00 bits per heavy atom. The van der Waals surface area contributed by atoms with Gasteiger partial charge in [-0.3, -0.25) is 9.97 Å². The van der Waals surface area contributed by atoms with E-state index in [4.69, 9.17) is 0 Å². The van der Waals surface area contributed by atoms with E-state index in [0.29, 0.717) is 19.6 Å². The Bertz CT molecular complexity index is 1030. The SMILES string of the molecule is O=C(NCc1cnccn1)N1CC2=C(CN(Sc3ccc4ncsc4c3)C2)C1. The summed E-state index contributed by atoms with van der Waals surface area (Å²) in [6.45, 7) is 3.60. The topological polar surface area (TPSA) is 74.2 Å². The number of amides is 2. The normalized spacial score (nSPS) is 16.8. The molecule has 0 fully saturated rings. The molecule has 1 aromatic carbocycles. The van der Waals surface area contributed by atoms with Gasteiger partial charge in [0, 0.05) is 43.5 Å². The van der Waals surface area contributed by atoms with Gasteiger partial charge in [-0.15, -0.1) is 11.3 Å². The zero-order valence-electron chi connectivity index (χ0n) is 15.0. The van der Waals surface area contributed by atoms with Crippen molar-refractivity contribution in [2.24, 2.45) is 0 Å². The number of benzene rings is 1. The van der Waals surface area contributed by atoms with Crippen molar-refractivity contribution in [3.05, 3.63) is 59.1 Å². The first-order chi connectivity index (χ1) is 13.7. The minimum absolute atomic E-state index is 0.0464. The Morgan fingerprint density at radius 1 is 1.14 bits per heavy atom.